The van der Waals surface area contributed by atoms with Crippen molar-refractivity contribution in [1.82, 2.24) is 19.9 Å². The molecule has 0 fully saturated rings. The smallest absolute Gasteiger partial charge is 0.257 e. The predicted octanol–water partition coefficient (Wildman–Crippen LogP) is 0.641. The van der Waals surface area contributed by atoms with Gasteiger partial charge in [-0.15, -0.1) is 0 Å². The van der Waals surface area contributed by atoms with Crippen molar-refractivity contribution in [3.63, 3.8) is 0 Å². The van der Waals surface area contributed by atoms with Crippen LogP contribution in [-0.4, -0.2) is 21.1 Å². The zero-order valence-corrected chi connectivity index (χ0v) is 10.9. The number of hydrogen-bond acceptors (Lipinski definition) is 4. The first-order valence-corrected chi connectivity index (χ1v) is 6.44. The Morgan fingerprint density at radius 3 is 3.16 bits per heavy atom. The standard InChI is InChI=1S/C14H16N4O/c1-10-3-2-5-16-13(10)8-18-9-17-12-7-15-6-4-11(12)14(18)19/h2-3,5,9,15H,4,6-8H2,1H3. The molecule has 0 amide bonds. The average molecular weight is 256 g/mol. The molecule has 1 N–H and O–H groups in total. The summed E-state index contributed by atoms with van der Waals surface area (Å²) in [5.74, 6) is 0. The minimum absolute atomic E-state index is 0.0663. The van der Waals surface area contributed by atoms with Crippen LogP contribution in [0.2, 0.25) is 0 Å². The van der Waals surface area contributed by atoms with Crippen molar-refractivity contribution >= 4 is 0 Å². The molecule has 0 spiro atoms. The first kappa shape index (κ1) is 12.0. The van der Waals surface area contributed by atoms with Gasteiger partial charge in [0.25, 0.3) is 5.56 Å². The van der Waals surface area contributed by atoms with Crippen LogP contribution in [0.15, 0.2) is 29.5 Å². The quantitative estimate of drug-likeness (QED) is 0.856. The van der Waals surface area contributed by atoms with Gasteiger partial charge in [-0.3, -0.25) is 14.3 Å². The van der Waals surface area contributed by atoms with Gasteiger partial charge in [0, 0.05) is 18.3 Å². The third kappa shape index (κ3) is 2.29. The van der Waals surface area contributed by atoms with Crippen LogP contribution in [0.1, 0.15) is 22.5 Å². The highest BCUT2D eigenvalue weighted by atomic mass is 16.1. The van der Waals surface area contributed by atoms with Crippen LogP contribution in [0.4, 0.5) is 0 Å². The molecule has 0 saturated carbocycles. The topological polar surface area (TPSA) is 59.8 Å². The third-order valence-corrected chi connectivity index (χ3v) is 3.50. The molecule has 19 heavy (non-hydrogen) atoms. The highest BCUT2D eigenvalue weighted by molar-refractivity contribution is 5.22. The van der Waals surface area contributed by atoms with E-state index in [9.17, 15) is 4.79 Å². The number of hydrogen-bond donors (Lipinski definition) is 1. The van der Waals surface area contributed by atoms with E-state index in [0.717, 1.165) is 35.5 Å². The van der Waals surface area contributed by atoms with Crippen molar-refractivity contribution in [2.45, 2.75) is 26.4 Å². The molecule has 0 radical (unpaired) electrons. The molecule has 1 aliphatic heterocycles. The molecule has 0 atom stereocenters. The SMILES string of the molecule is Cc1cccnc1Cn1cnc2c(c1=O)CCNC2. The van der Waals surface area contributed by atoms with E-state index in [0.29, 0.717) is 13.1 Å². The molecular formula is C14H16N4O. The number of nitrogens with one attached hydrogen (secondary N) is 1. The summed E-state index contributed by atoms with van der Waals surface area (Å²) >= 11 is 0. The molecule has 3 rings (SSSR count). The molecule has 0 unspecified atom stereocenters. The lowest BCUT2D eigenvalue weighted by atomic mass is 10.1. The number of aromatic nitrogens is 3. The van der Waals surface area contributed by atoms with Crippen LogP contribution in [0.3, 0.4) is 0 Å². The number of pyridine rings is 1. The average Bonchev–Trinajstić information content (AvgIpc) is 2.44. The second-order valence-corrected chi connectivity index (χ2v) is 4.80. The van der Waals surface area contributed by atoms with Gasteiger partial charge in [0.05, 0.1) is 24.3 Å². The van der Waals surface area contributed by atoms with E-state index in [1.807, 2.05) is 19.1 Å². The van der Waals surface area contributed by atoms with E-state index in [1.165, 1.54) is 0 Å². The highest BCUT2D eigenvalue weighted by Gasteiger charge is 2.15. The summed E-state index contributed by atoms with van der Waals surface area (Å²) in [6.45, 7) is 4.02. The normalized spacial score (nSPS) is 14.2. The molecule has 3 heterocycles. The van der Waals surface area contributed by atoms with Crippen LogP contribution in [-0.2, 0) is 19.5 Å². The van der Waals surface area contributed by atoms with Crippen LogP contribution in [0, 0.1) is 6.92 Å². The second-order valence-electron chi connectivity index (χ2n) is 4.80. The van der Waals surface area contributed by atoms with Gasteiger partial charge in [-0.25, -0.2) is 4.98 Å². The zero-order valence-electron chi connectivity index (χ0n) is 10.9. The second kappa shape index (κ2) is 4.93. The minimum Gasteiger partial charge on any atom is -0.311 e. The van der Waals surface area contributed by atoms with E-state index in [4.69, 9.17) is 0 Å². The summed E-state index contributed by atoms with van der Waals surface area (Å²) in [6.07, 6.45) is 4.13. The molecule has 2 aromatic heterocycles. The number of rotatable bonds is 2. The lowest BCUT2D eigenvalue weighted by Gasteiger charge is -2.17. The monoisotopic (exact) mass is 256 g/mol. The predicted molar refractivity (Wildman–Crippen MR) is 72.0 cm³/mol. The largest absolute Gasteiger partial charge is 0.311 e. The maximum atomic E-state index is 12.4. The van der Waals surface area contributed by atoms with Crippen LogP contribution < -0.4 is 10.9 Å². The van der Waals surface area contributed by atoms with Gasteiger partial charge < -0.3 is 5.32 Å². The summed E-state index contributed by atoms with van der Waals surface area (Å²) in [6, 6.07) is 3.90. The lowest BCUT2D eigenvalue weighted by molar-refractivity contribution is 0.594. The van der Waals surface area contributed by atoms with Crippen molar-refractivity contribution < 1.29 is 0 Å². The molecule has 0 saturated heterocycles. The highest BCUT2D eigenvalue weighted by Crippen LogP contribution is 2.08. The fourth-order valence-corrected chi connectivity index (χ4v) is 2.35. The van der Waals surface area contributed by atoms with Gasteiger partial charge in [-0.1, -0.05) is 6.07 Å². The Kier molecular flexibility index (Phi) is 3.13. The Labute approximate surface area is 111 Å². The van der Waals surface area contributed by atoms with E-state index in [-0.39, 0.29) is 5.56 Å². The van der Waals surface area contributed by atoms with Gasteiger partial charge >= 0.3 is 0 Å². The van der Waals surface area contributed by atoms with Gasteiger partial charge in [-0.2, -0.15) is 0 Å². The van der Waals surface area contributed by atoms with E-state index in [2.05, 4.69) is 15.3 Å². The first-order valence-electron chi connectivity index (χ1n) is 6.44. The Balaban J connectivity index is 1.98. The number of aryl methyl sites for hydroxylation is 1. The summed E-state index contributed by atoms with van der Waals surface area (Å²) in [7, 11) is 0. The van der Waals surface area contributed by atoms with E-state index < -0.39 is 0 Å². The molecule has 0 bridgehead atoms. The number of fused-ring (bicyclic) bond motifs is 1. The molecule has 0 aromatic carbocycles. The van der Waals surface area contributed by atoms with Gasteiger partial charge in [0.15, 0.2) is 0 Å². The van der Waals surface area contributed by atoms with E-state index >= 15 is 0 Å². The lowest BCUT2D eigenvalue weighted by Crippen LogP contribution is -2.34. The minimum atomic E-state index is 0.0663. The molecule has 2 aromatic rings. The Morgan fingerprint density at radius 1 is 1.42 bits per heavy atom. The zero-order chi connectivity index (χ0) is 13.2. The summed E-state index contributed by atoms with van der Waals surface area (Å²) in [4.78, 5) is 21.1. The third-order valence-electron chi connectivity index (χ3n) is 3.50. The van der Waals surface area contributed by atoms with Gasteiger partial charge in [0.2, 0.25) is 0 Å². The van der Waals surface area contributed by atoms with Crippen molar-refractivity contribution in [3.8, 4) is 0 Å². The Bertz CT molecular complexity index is 663. The fraction of sp³-hybridized carbons (Fsp3) is 0.357. The van der Waals surface area contributed by atoms with Crippen molar-refractivity contribution in [2.24, 2.45) is 0 Å². The maximum absolute atomic E-state index is 12.4. The van der Waals surface area contributed by atoms with Crippen LogP contribution in [0.25, 0.3) is 0 Å². The number of nitrogens with zero attached hydrogens (tertiary/aromatic N) is 3. The molecular weight excluding hydrogens is 240 g/mol. The summed E-state index contributed by atoms with van der Waals surface area (Å²) in [5, 5.41) is 3.22. The molecule has 5 nitrogen and oxygen atoms in total. The van der Waals surface area contributed by atoms with Crippen molar-refractivity contribution in [3.05, 3.63) is 57.5 Å². The van der Waals surface area contributed by atoms with Gasteiger partial charge in [0.1, 0.15) is 0 Å². The summed E-state index contributed by atoms with van der Waals surface area (Å²) < 4.78 is 1.65. The molecule has 98 valence electrons. The Morgan fingerprint density at radius 2 is 2.32 bits per heavy atom. The molecule has 0 aliphatic carbocycles. The maximum Gasteiger partial charge on any atom is 0.257 e. The Hall–Kier alpha value is -2.01. The molecule has 1 aliphatic rings. The van der Waals surface area contributed by atoms with Gasteiger partial charge in [-0.05, 0) is 31.5 Å². The van der Waals surface area contributed by atoms with Crippen molar-refractivity contribution in [1.29, 1.82) is 0 Å². The summed E-state index contributed by atoms with van der Waals surface area (Å²) in [5.41, 5.74) is 3.80. The fourth-order valence-electron chi connectivity index (χ4n) is 2.35. The van der Waals surface area contributed by atoms with E-state index in [1.54, 1.807) is 17.1 Å². The van der Waals surface area contributed by atoms with Crippen molar-refractivity contribution in [2.75, 3.05) is 6.54 Å². The molecule has 5 heteroatoms. The van der Waals surface area contributed by atoms with Crippen LogP contribution in [0.5, 0.6) is 0 Å². The van der Waals surface area contributed by atoms with Crippen LogP contribution >= 0.6 is 0 Å². The first-order chi connectivity index (χ1) is 9.25.